The molecule has 0 spiro atoms. The second-order valence-corrected chi connectivity index (χ2v) is 3.22. The fourth-order valence-corrected chi connectivity index (χ4v) is 1.52. The monoisotopic (exact) mass is 178 g/mol. The van der Waals surface area contributed by atoms with Gasteiger partial charge in [0, 0.05) is 7.05 Å². The van der Waals surface area contributed by atoms with Gasteiger partial charge in [-0.1, -0.05) is 0 Å². The van der Waals surface area contributed by atoms with Crippen LogP contribution in [0, 0.1) is 0 Å². The quantitative estimate of drug-likeness (QED) is 0.643. The molecule has 2 heterocycles. The van der Waals surface area contributed by atoms with Gasteiger partial charge in [-0.25, -0.2) is 0 Å². The third kappa shape index (κ3) is 0.983. The van der Waals surface area contributed by atoms with Crippen LogP contribution in [0.3, 0.4) is 0 Å². The van der Waals surface area contributed by atoms with Crippen LogP contribution in [0.5, 0.6) is 5.75 Å². The molecule has 1 N–H and O–H groups in total. The highest BCUT2D eigenvalue weighted by Crippen LogP contribution is 2.31. The number of aromatic nitrogens is 1. The summed E-state index contributed by atoms with van der Waals surface area (Å²) in [6.07, 6.45) is 1.36. The first kappa shape index (κ1) is 8.04. The molecule has 1 aromatic heterocycles. The van der Waals surface area contributed by atoms with E-state index in [-0.39, 0.29) is 17.7 Å². The number of amides is 1. The van der Waals surface area contributed by atoms with Gasteiger partial charge in [-0.05, 0) is 13.0 Å². The van der Waals surface area contributed by atoms with Crippen molar-refractivity contribution in [3.8, 4) is 5.75 Å². The fraction of sp³-hybridized carbons (Fsp3) is 0.333. The number of hydrogen-bond acceptors (Lipinski definition) is 3. The third-order valence-electron chi connectivity index (χ3n) is 2.43. The maximum Gasteiger partial charge on any atom is 0.256 e. The summed E-state index contributed by atoms with van der Waals surface area (Å²) in [5, 5.41) is 9.15. The molecular weight excluding hydrogens is 168 g/mol. The summed E-state index contributed by atoms with van der Waals surface area (Å²) in [5.41, 5.74) is 1.25. The van der Waals surface area contributed by atoms with Crippen LogP contribution in [-0.4, -0.2) is 27.9 Å². The maximum absolute atomic E-state index is 11.5. The summed E-state index contributed by atoms with van der Waals surface area (Å²) < 4.78 is 0. The van der Waals surface area contributed by atoms with Crippen LogP contribution in [0.4, 0.5) is 0 Å². The van der Waals surface area contributed by atoms with Gasteiger partial charge >= 0.3 is 0 Å². The van der Waals surface area contributed by atoms with E-state index in [1.165, 1.54) is 12.3 Å². The van der Waals surface area contributed by atoms with Crippen molar-refractivity contribution < 1.29 is 9.90 Å². The van der Waals surface area contributed by atoms with Gasteiger partial charge < -0.3 is 10.0 Å². The molecular formula is C9H10N2O2. The molecule has 0 aliphatic carbocycles. The second kappa shape index (κ2) is 2.45. The summed E-state index contributed by atoms with van der Waals surface area (Å²) in [7, 11) is 1.73. The van der Waals surface area contributed by atoms with Gasteiger partial charge in [-0.3, -0.25) is 9.78 Å². The van der Waals surface area contributed by atoms with Crippen molar-refractivity contribution in [3.05, 3.63) is 23.5 Å². The largest absolute Gasteiger partial charge is 0.506 e. The van der Waals surface area contributed by atoms with E-state index in [1.54, 1.807) is 11.9 Å². The van der Waals surface area contributed by atoms with E-state index in [2.05, 4.69) is 4.98 Å². The lowest BCUT2D eigenvalue weighted by molar-refractivity contribution is 0.0783. The Morgan fingerprint density at radius 2 is 2.31 bits per heavy atom. The molecule has 4 nitrogen and oxygen atoms in total. The van der Waals surface area contributed by atoms with E-state index in [0.29, 0.717) is 5.56 Å². The molecule has 0 fully saturated rings. The third-order valence-corrected chi connectivity index (χ3v) is 2.43. The maximum atomic E-state index is 11.5. The van der Waals surface area contributed by atoms with E-state index in [0.717, 1.165) is 5.69 Å². The van der Waals surface area contributed by atoms with Crippen molar-refractivity contribution in [2.24, 2.45) is 0 Å². The minimum atomic E-state index is -0.0779. The molecule has 68 valence electrons. The van der Waals surface area contributed by atoms with Crippen LogP contribution in [0.15, 0.2) is 12.3 Å². The van der Waals surface area contributed by atoms with Gasteiger partial charge in [-0.2, -0.15) is 0 Å². The molecule has 1 atom stereocenters. The van der Waals surface area contributed by atoms with Crippen LogP contribution < -0.4 is 0 Å². The molecule has 2 rings (SSSR count). The first-order valence-electron chi connectivity index (χ1n) is 4.07. The smallest absolute Gasteiger partial charge is 0.256 e. The SMILES string of the molecule is C[C@H]1c2ncc(O)cc2C(=O)N1C. The standard InChI is InChI=1S/C9H10N2O2/c1-5-8-7(9(13)11(5)2)3-6(12)4-10-8/h3-5,12H,1-2H3/t5-/m0/s1. The Balaban J connectivity index is 2.60. The number of pyridine rings is 1. The highest BCUT2D eigenvalue weighted by Gasteiger charge is 2.32. The number of aromatic hydroxyl groups is 1. The first-order valence-corrected chi connectivity index (χ1v) is 4.07. The van der Waals surface area contributed by atoms with Crippen molar-refractivity contribution in [3.63, 3.8) is 0 Å². The molecule has 13 heavy (non-hydrogen) atoms. The molecule has 0 saturated heterocycles. The summed E-state index contributed by atoms with van der Waals surface area (Å²) in [6, 6.07) is 1.47. The van der Waals surface area contributed by atoms with Crippen LogP contribution in [0.25, 0.3) is 0 Å². The van der Waals surface area contributed by atoms with Gasteiger partial charge in [0.1, 0.15) is 5.75 Å². The predicted molar refractivity (Wildman–Crippen MR) is 46.4 cm³/mol. The molecule has 0 unspecified atom stereocenters. The van der Waals surface area contributed by atoms with Crippen molar-refractivity contribution in [1.29, 1.82) is 0 Å². The number of carbonyl (C=O) groups is 1. The molecule has 4 heteroatoms. The van der Waals surface area contributed by atoms with Gasteiger partial charge in [0.15, 0.2) is 0 Å². The lowest BCUT2D eigenvalue weighted by atomic mass is 10.1. The van der Waals surface area contributed by atoms with E-state index >= 15 is 0 Å². The number of hydrogen-bond donors (Lipinski definition) is 1. The molecule has 1 aromatic rings. The van der Waals surface area contributed by atoms with Gasteiger partial charge in [-0.15, -0.1) is 0 Å². The van der Waals surface area contributed by atoms with Crippen LogP contribution in [0.2, 0.25) is 0 Å². The van der Waals surface area contributed by atoms with Crippen LogP contribution in [-0.2, 0) is 0 Å². The average Bonchev–Trinajstić information content (AvgIpc) is 2.32. The Morgan fingerprint density at radius 1 is 1.62 bits per heavy atom. The lowest BCUT2D eigenvalue weighted by Gasteiger charge is -2.13. The van der Waals surface area contributed by atoms with Gasteiger partial charge in [0.25, 0.3) is 5.91 Å². The number of rotatable bonds is 0. The Labute approximate surface area is 75.8 Å². The van der Waals surface area contributed by atoms with E-state index in [1.807, 2.05) is 6.92 Å². The molecule has 0 bridgehead atoms. The Bertz CT molecular complexity index is 376. The minimum absolute atomic E-state index is 0.00287. The first-order chi connectivity index (χ1) is 6.11. The second-order valence-electron chi connectivity index (χ2n) is 3.22. The normalized spacial score (nSPS) is 20.6. The number of fused-ring (bicyclic) bond motifs is 1. The lowest BCUT2D eigenvalue weighted by Crippen LogP contribution is -2.20. The van der Waals surface area contributed by atoms with Crippen molar-refractivity contribution in [1.82, 2.24) is 9.88 Å². The van der Waals surface area contributed by atoms with Crippen molar-refractivity contribution in [2.75, 3.05) is 7.05 Å². The molecule has 1 aliphatic rings. The molecule has 0 radical (unpaired) electrons. The summed E-state index contributed by atoms with van der Waals surface area (Å²) in [6.45, 7) is 1.91. The average molecular weight is 178 g/mol. The van der Waals surface area contributed by atoms with Gasteiger partial charge in [0.2, 0.25) is 0 Å². The van der Waals surface area contributed by atoms with E-state index in [9.17, 15) is 4.79 Å². The van der Waals surface area contributed by atoms with Gasteiger partial charge in [0.05, 0.1) is 23.5 Å². The Kier molecular flexibility index (Phi) is 1.52. The topological polar surface area (TPSA) is 53.4 Å². The Morgan fingerprint density at radius 3 is 3.00 bits per heavy atom. The Hall–Kier alpha value is -1.58. The zero-order valence-electron chi connectivity index (χ0n) is 7.48. The van der Waals surface area contributed by atoms with E-state index in [4.69, 9.17) is 5.11 Å². The number of carbonyl (C=O) groups excluding carboxylic acids is 1. The highest BCUT2D eigenvalue weighted by molar-refractivity contribution is 5.98. The van der Waals surface area contributed by atoms with Crippen molar-refractivity contribution in [2.45, 2.75) is 13.0 Å². The fourth-order valence-electron chi connectivity index (χ4n) is 1.52. The molecule has 0 saturated carbocycles. The highest BCUT2D eigenvalue weighted by atomic mass is 16.3. The zero-order chi connectivity index (χ0) is 9.59. The number of nitrogens with zero attached hydrogens (tertiary/aromatic N) is 2. The molecule has 0 aromatic carbocycles. The molecule has 1 amide bonds. The zero-order valence-corrected chi connectivity index (χ0v) is 7.48. The summed E-state index contributed by atoms with van der Waals surface area (Å²) in [5.74, 6) is -0.0412. The van der Waals surface area contributed by atoms with Crippen LogP contribution in [0.1, 0.15) is 29.0 Å². The van der Waals surface area contributed by atoms with E-state index < -0.39 is 0 Å². The summed E-state index contributed by atoms with van der Waals surface area (Å²) >= 11 is 0. The molecule has 1 aliphatic heterocycles. The summed E-state index contributed by atoms with van der Waals surface area (Å²) in [4.78, 5) is 17.2. The van der Waals surface area contributed by atoms with Crippen LogP contribution >= 0.6 is 0 Å². The predicted octanol–water partition coefficient (Wildman–Crippen LogP) is 0.934. The van der Waals surface area contributed by atoms with Crippen molar-refractivity contribution >= 4 is 5.91 Å². The minimum Gasteiger partial charge on any atom is -0.506 e.